The van der Waals surface area contributed by atoms with E-state index in [0.717, 1.165) is 12.1 Å². The van der Waals surface area contributed by atoms with Gasteiger partial charge in [-0.1, -0.05) is 48.5 Å². The van der Waals surface area contributed by atoms with Crippen molar-refractivity contribution in [1.82, 2.24) is 0 Å². The summed E-state index contributed by atoms with van der Waals surface area (Å²) < 4.78 is 38.0. The Kier molecular flexibility index (Phi) is 4.65. The summed E-state index contributed by atoms with van der Waals surface area (Å²) in [4.78, 5) is 12.2. The summed E-state index contributed by atoms with van der Waals surface area (Å²) in [7, 11) is 0. The molecular formula is C17H13F3O2. The van der Waals surface area contributed by atoms with Crippen molar-refractivity contribution in [3.8, 4) is 0 Å². The molecule has 5 heteroatoms. The van der Waals surface area contributed by atoms with Crippen molar-refractivity contribution in [2.24, 2.45) is 0 Å². The van der Waals surface area contributed by atoms with Gasteiger partial charge in [0.25, 0.3) is 0 Å². The molecule has 0 aliphatic rings. The fraction of sp³-hybridized carbons (Fsp3) is 0.118. The Labute approximate surface area is 125 Å². The normalized spacial score (nSPS) is 12.2. The Morgan fingerprint density at radius 3 is 2.32 bits per heavy atom. The van der Waals surface area contributed by atoms with E-state index in [-0.39, 0.29) is 17.6 Å². The fourth-order valence-electron chi connectivity index (χ4n) is 2.06. The SMILES string of the molecule is O=C(Cc1cccc(C(F)(F)F)c1)C(=CO)c1ccccc1. The standard InChI is InChI=1S/C17H13F3O2/c18-17(19,20)14-8-4-5-12(9-14)10-16(22)15(11-21)13-6-2-1-3-7-13/h1-9,11,21H,10H2. The van der Waals surface area contributed by atoms with Crippen molar-refractivity contribution in [2.45, 2.75) is 12.6 Å². The first kappa shape index (κ1) is 15.8. The second kappa shape index (κ2) is 6.47. The van der Waals surface area contributed by atoms with Crippen LogP contribution in [0.25, 0.3) is 5.57 Å². The maximum absolute atomic E-state index is 12.7. The molecule has 22 heavy (non-hydrogen) atoms. The minimum absolute atomic E-state index is 0.0676. The summed E-state index contributed by atoms with van der Waals surface area (Å²) in [5.41, 5.74) is 0.0298. The molecule has 114 valence electrons. The van der Waals surface area contributed by atoms with Gasteiger partial charge in [-0.3, -0.25) is 4.79 Å². The van der Waals surface area contributed by atoms with Gasteiger partial charge < -0.3 is 5.11 Å². The molecule has 0 aliphatic heterocycles. The van der Waals surface area contributed by atoms with Crippen LogP contribution in [0.2, 0.25) is 0 Å². The molecule has 1 N–H and O–H groups in total. The first-order chi connectivity index (χ1) is 10.4. The lowest BCUT2D eigenvalue weighted by Crippen LogP contribution is -2.09. The predicted molar refractivity (Wildman–Crippen MR) is 77.2 cm³/mol. The van der Waals surface area contributed by atoms with Crippen molar-refractivity contribution >= 4 is 11.4 Å². The van der Waals surface area contributed by atoms with Crippen LogP contribution in [-0.2, 0) is 17.4 Å². The van der Waals surface area contributed by atoms with E-state index in [1.807, 2.05) is 0 Å². The Balaban J connectivity index is 2.22. The van der Waals surface area contributed by atoms with Gasteiger partial charge in [0, 0.05) is 6.42 Å². The zero-order chi connectivity index (χ0) is 16.2. The van der Waals surface area contributed by atoms with Crippen LogP contribution in [0.4, 0.5) is 13.2 Å². The van der Waals surface area contributed by atoms with Crippen LogP contribution in [0.15, 0.2) is 60.9 Å². The smallest absolute Gasteiger partial charge is 0.416 e. The number of carbonyl (C=O) groups excluding carboxylic acids is 1. The van der Waals surface area contributed by atoms with Crippen molar-refractivity contribution in [1.29, 1.82) is 0 Å². The van der Waals surface area contributed by atoms with E-state index in [2.05, 4.69) is 0 Å². The van der Waals surface area contributed by atoms with Gasteiger partial charge in [-0.2, -0.15) is 13.2 Å². The maximum atomic E-state index is 12.7. The highest BCUT2D eigenvalue weighted by Crippen LogP contribution is 2.30. The van der Waals surface area contributed by atoms with E-state index in [4.69, 9.17) is 0 Å². The Morgan fingerprint density at radius 2 is 1.73 bits per heavy atom. The maximum Gasteiger partial charge on any atom is 0.416 e. The molecule has 0 unspecified atom stereocenters. The number of aliphatic hydroxyl groups excluding tert-OH is 1. The van der Waals surface area contributed by atoms with Crippen LogP contribution in [0.3, 0.4) is 0 Å². The molecule has 0 spiro atoms. The molecule has 0 bridgehead atoms. The molecule has 0 radical (unpaired) electrons. The largest absolute Gasteiger partial charge is 0.515 e. The minimum atomic E-state index is -4.45. The summed E-state index contributed by atoms with van der Waals surface area (Å²) in [5, 5.41) is 9.25. The highest BCUT2D eigenvalue weighted by Gasteiger charge is 2.30. The van der Waals surface area contributed by atoms with E-state index in [9.17, 15) is 23.1 Å². The van der Waals surface area contributed by atoms with E-state index < -0.39 is 17.5 Å². The third kappa shape index (κ3) is 3.75. The van der Waals surface area contributed by atoms with Crippen LogP contribution in [0, 0.1) is 0 Å². The van der Waals surface area contributed by atoms with E-state index in [0.29, 0.717) is 11.8 Å². The molecule has 2 aromatic rings. The van der Waals surface area contributed by atoms with Gasteiger partial charge >= 0.3 is 6.18 Å². The molecule has 0 amide bonds. The number of aliphatic hydroxyl groups is 1. The zero-order valence-electron chi connectivity index (χ0n) is 11.5. The lowest BCUT2D eigenvalue weighted by Gasteiger charge is -2.09. The van der Waals surface area contributed by atoms with Gasteiger partial charge in [0.05, 0.1) is 17.4 Å². The molecular weight excluding hydrogens is 293 g/mol. The fourth-order valence-corrected chi connectivity index (χ4v) is 2.06. The van der Waals surface area contributed by atoms with E-state index >= 15 is 0 Å². The molecule has 2 rings (SSSR count). The van der Waals surface area contributed by atoms with Crippen LogP contribution in [0.1, 0.15) is 16.7 Å². The number of halogens is 3. The number of hydrogen-bond acceptors (Lipinski definition) is 2. The summed E-state index contributed by atoms with van der Waals surface area (Å²) >= 11 is 0. The molecule has 0 atom stereocenters. The zero-order valence-corrected chi connectivity index (χ0v) is 11.5. The number of rotatable bonds is 4. The van der Waals surface area contributed by atoms with Crippen LogP contribution in [-0.4, -0.2) is 10.9 Å². The van der Waals surface area contributed by atoms with E-state index in [1.165, 1.54) is 12.1 Å². The third-order valence-corrected chi connectivity index (χ3v) is 3.13. The number of ketones is 1. The minimum Gasteiger partial charge on any atom is -0.515 e. The number of benzene rings is 2. The number of allylic oxidation sites excluding steroid dienone is 1. The van der Waals surface area contributed by atoms with Gasteiger partial charge in [-0.05, 0) is 17.2 Å². The number of Topliss-reactive ketones (excluding diaryl/α,β-unsaturated/α-hetero) is 1. The second-order valence-corrected chi connectivity index (χ2v) is 4.71. The Morgan fingerprint density at radius 1 is 1.05 bits per heavy atom. The summed E-state index contributed by atoms with van der Waals surface area (Å²) in [6, 6.07) is 13.1. The average molecular weight is 306 g/mol. The molecule has 0 heterocycles. The number of alkyl halides is 3. The molecule has 0 fully saturated rings. The molecule has 2 nitrogen and oxygen atoms in total. The summed E-state index contributed by atoms with van der Waals surface area (Å²) in [6.45, 7) is 0. The quantitative estimate of drug-likeness (QED) is 0.671. The molecule has 0 saturated carbocycles. The third-order valence-electron chi connectivity index (χ3n) is 3.13. The van der Waals surface area contributed by atoms with Gasteiger partial charge in [0.15, 0.2) is 5.78 Å². The summed E-state index contributed by atoms with van der Waals surface area (Å²) in [5.74, 6) is -0.451. The first-order valence-electron chi connectivity index (χ1n) is 6.51. The highest BCUT2D eigenvalue weighted by molar-refractivity contribution is 6.21. The molecule has 0 aliphatic carbocycles. The highest BCUT2D eigenvalue weighted by atomic mass is 19.4. The first-order valence-corrected chi connectivity index (χ1v) is 6.51. The second-order valence-electron chi connectivity index (χ2n) is 4.71. The summed E-state index contributed by atoms with van der Waals surface area (Å²) in [6.07, 6.45) is -3.98. The molecule has 2 aromatic carbocycles. The Hall–Kier alpha value is -2.56. The lowest BCUT2D eigenvalue weighted by atomic mass is 9.97. The Bertz CT molecular complexity index is 689. The van der Waals surface area contributed by atoms with Gasteiger partial charge in [-0.25, -0.2) is 0 Å². The topological polar surface area (TPSA) is 37.3 Å². The van der Waals surface area contributed by atoms with Gasteiger partial charge in [-0.15, -0.1) is 0 Å². The average Bonchev–Trinajstić information content (AvgIpc) is 2.48. The van der Waals surface area contributed by atoms with Crippen LogP contribution in [0.5, 0.6) is 0 Å². The molecule has 0 aromatic heterocycles. The van der Waals surface area contributed by atoms with Crippen LogP contribution < -0.4 is 0 Å². The van der Waals surface area contributed by atoms with Crippen molar-refractivity contribution in [2.75, 3.05) is 0 Å². The van der Waals surface area contributed by atoms with Crippen molar-refractivity contribution in [3.05, 3.63) is 77.5 Å². The van der Waals surface area contributed by atoms with Gasteiger partial charge in [0.2, 0.25) is 0 Å². The van der Waals surface area contributed by atoms with Crippen LogP contribution >= 0.6 is 0 Å². The molecule has 0 saturated heterocycles. The number of hydrogen-bond donors (Lipinski definition) is 1. The van der Waals surface area contributed by atoms with Crippen molar-refractivity contribution < 1.29 is 23.1 Å². The number of carbonyl (C=O) groups is 1. The van der Waals surface area contributed by atoms with E-state index in [1.54, 1.807) is 30.3 Å². The lowest BCUT2D eigenvalue weighted by molar-refractivity contribution is -0.137. The van der Waals surface area contributed by atoms with Gasteiger partial charge in [0.1, 0.15) is 0 Å². The predicted octanol–water partition coefficient (Wildman–Crippen LogP) is 4.42. The monoisotopic (exact) mass is 306 g/mol. The van der Waals surface area contributed by atoms with Crippen molar-refractivity contribution in [3.63, 3.8) is 0 Å².